The zero-order valence-electron chi connectivity index (χ0n) is 12.0. The van der Waals surface area contributed by atoms with Crippen molar-refractivity contribution in [1.29, 1.82) is 5.26 Å². The van der Waals surface area contributed by atoms with E-state index in [2.05, 4.69) is 5.32 Å². The Hall–Kier alpha value is -1.77. The van der Waals surface area contributed by atoms with E-state index in [9.17, 15) is 4.79 Å². The molecule has 1 N–H and O–H groups in total. The minimum Gasteiger partial charge on any atom is -0.376 e. The van der Waals surface area contributed by atoms with E-state index < -0.39 is 0 Å². The fourth-order valence-electron chi connectivity index (χ4n) is 2.12. The van der Waals surface area contributed by atoms with Crippen LogP contribution in [0.2, 0.25) is 0 Å². The minimum absolute atomic E-state index is 0.0785. The molecular weight excluding hydrogens is 284 g/mol. The number of carbonyl (C=O) groups excluding carboxylic acids is 1. The molecular formula is C16H18N2O2S. The molecule has 0 unspecified atom stereocenters. The van der Waals surface area contributed by atoms with Gasteiger partial charge in [-0.2, -0.15) is 5.26 Å². The molecule has 0 spiro atoms. The topological polar surface area (TPSA) is 62.1 Å². The third kappa shape index (κ3) is 4.62. The summed E-state index contributed by atoms with van der Waals surface area (Å²) in [6.45, 7) is 1.21. The maximum Gasteiger partial charge on any atom is 0.262 e. The average Bonchev–Trinajstić information content (AvgIpc) is 3.04. The summed E-state index contributed by atoms with van der Waals surface area (Å²) in [6.07, 6.45) is 5.68. The van der Waals surface area contributed by atoms with Gasteiger partial charge < -0.3 is 10.1 Å². The van der Waals surface area contributed by atoms with Gasteiger partial charge in [-0.15, -0.1) is 11.8 Å². The number of nitrogens with zero attached hydrogens (tertiary/aromatic N) is 1. The van der Waals surface area contributed by atoms with Crippen LogP contribution in [-0.4, -0.2) is 31.4 Å². The first-order valence-electron chi connectivity index (χ1n) is 6.88. The van der Waals surface area contributed by atoms with Crippen molar-refractivity contribution in [1.82, 2.24) is 5.32 Å². The quantitative estimate of drug-likeness (QED) is 0.516. The van der Waals surface area contributed by atoms with Gasteiger partial charge in [-0.05, 0) is 42.9 Å². The molecule has 2 rings (SSSR count). The zero-order valence-corrected chi connectivity index (χ0v) is 12.8. The Morgan fingerprint density at radius 3 is 2.86 bits per heavy atom. The number of thioether (sulfide) groups is 1. The smallest absolute Gasteiger partial charge is 0.262 e. The molecule has 21 heavy (non-hydrogen) atoms. The van der Waals surface area contributed by atoms with Crippen molar-refractivity contribution in [2.75, 3.05) is 19.4 Å². The van der Waals surface area contributed by atoms with Crippen LogP contribution < -0.4 is 5.32 Å². The van der Waals surface area contributed by atoms with Gasteiger partial charge in [0.05, 0.1) is 6.10 Å². The van der Waals surface area contributed by atoms with Crippen molar-refractivity contribution in [2.45, 2.75) is 23.8 Å². The molecule has 4 nitrogen and oxygen atoms in total. The van der Waals surface area contributed by atoms with E-state index in [4.69, 9.17) is 10.00 Å². The van der Waals surface area contributed by atoms with Gasteiger partial charge in [0.15, 0.2) is 0 Å². The Labute approximate surface area is 129 Å². The number of rotatable bonds is 5. The van der Waals surface area contributed by atoms with Gasteiger partial charge in [0.1, 0.15) is 11.6 Å². The van der Waals surface area contributed by atoms with Crippen molar-refractivity contribution >= 4 is 23.7 Å². The van der Waals surface area contributed by atoms with Crippen LogP contribution >= 0.6 is 11.8 Å². The number of benzene rings is 1. The number of amides is 1. The van der Waals surface area contributed by atoms with Crippen molar-refractivity contribution < 1.29 is 9.53 Å². The molecule has 1 aromatic rings. The third-order valence-corrected chi connectivity index (χ3v) is 4.05. The second-order valence-electron chi connectivity index (χ2n) is 4.79. The van der Waals surface area contributed by atoms with Crippen molar-refractivity contribution in [2.24, 2.45) is 0 Å². The highest BCUT2D eigenvalue weighted by molar-refractivity contribution is 7.98. The summed E-state index contributed by atoms with van der Waals surface area (Å²) in [4.78, 5) is 13.1. The lowest BCUT2D eigenvalue weighted by molar-refractivity contribution is -0.117. The molecule has 1 aliphatic rings. The molecule has 5 heteroatoms. The lowest BCUT2D eigenvalue weighted by atomic mass is 10.1. The highest BCUT2D eigenvalue weighted by atomic mass is 32.2. The van der Waals surface area contributed by atoms with E-state index in [-0.39, 0.29) is 17.6 Å². The molecule has 1 aromatic carbocycles. The Bertz CT molecular complexity index is 555. The highest BCUT2D eigenvalue weighted by Gasteiger charge is 2.17. The van der Waals surface area contributed by atoms with Crippen molar-refractivity contribution in [3.05, 3.63) is 35.4 Å². The minimum atomic E-state index is -0.345. The maximum absolute atomic E-state index is 12.0. The highest BCUT2D eigenvalue weighted by Crippen LogP contribution is 2.16. The second-order valence-corrected chi connectivity index (χ2v) is 5.67. The predicted molar refractivity (Wildman–Crippen MR) is 83.8 cm³/mol. The molecule has 1 fully saturated rings. The zero-order chi connectivity index (χ0) is 15.1. The summed E-state index contributed by atoms with van der Waals surface area (Å²) in [7, 11) is 0. The van der Waals surface area contributed by atoms with E-state index in [0.29, 0.717) is 6.54 Å². The van der Waals surface area contributed by atoms with Crippen LogP contribution in [0.25, 0.3) is 6.08 Å². The third-order valence-electron chi connectivity index (χ3n) is 3.31. The molecule has 0 radical (unpaired) electrons. The Kier molecular flexibility index (Phi) is 5.85. The number of hydrogen-bond donors (Lipinski definition) is 1. The maximum atomic E-state index is 12.0. The summed E-state index contributed by atoms with van der Waals surface area (Å²) in [6, 6.07) is 9.69. The molecule has 0 bridgehead atoms. The van der Waals surface area contributed by atoms with Crippen LogP contribution in [0.15, 0.2) is 34.7 Å². The van der Waals surface area contributed by atoms with E-state index in [1.807, 2.05) is 36.6 Å². The molecule has 110 valence electrons. The van der Waals surface area contributed by atoms with Crippen LogP contribution in [0.3, 0.4) is 0 Å². The normalized spacial score (nSPS) is 18.3. The van der Waals surface area contributed by atoms with E-state index in [1.165, 1.54) is 0 Å². The fraction of sp³-hybridized carbons (Fsp3) is 0.375. The van der Waals surface area contributed by atoms with Gasteiger partial charge in [-0.1, -0.05) is 12.1 Å². The molecule has 0 saturated carbocycles. The van der Waals surface area contributed by atoms with Crippen LogP contribution in [0, 0.1) is 11.3 Å². The summed E-state index contributed by atoms with van der Waals surface area (Å²) >= 11 is 1.65. The van der Waals surface area contributed by atoms with Gasteiger partial charge in [0, 0.05) is 18.0 Å². The molecule has 1 aliphatic heterocycles. The Morgan fingerprint density at radius 1 is 1.52 bits per heavy atom. The summed E-state index contributed by atoms with van der Waals surface area (Å²) in [5.41, 5.74) is 0.960. The first-order chi connectivity index (χ1) is 10.2. The lowest BCUT2D eigenvalue weighted by Crippen LogP contribution is -2.32. The number of ether oxygens (including phenoxy) is 1. The van der Waals surface area contributed by atoms with Crippen LogP contribution in [0.5, 0.6) is 0 Å². The van der Waals surface area contributed by atoms with Gasteiger partial charge in [0.2, 0.25) is 0 Å². The monoisotopic (exact) mass is 302 g/mol. The predicted octanol–water partition coefficient (Wildman–Crippen LogP) is 2.61. The first-order valence-corrected chi connectivity index (χ1v) is 8.11. The van der Waals surface area contributed by atoms with Gasteiger partial charge in [-0.3, -0.25) is 4.79 Å². The van der Waals surface area contributed by atoms with E-state index >= 15 is 0 Å². The molecule has 0 aromatic heterocycles. The van der Waals surface area contributed by atoms with Gasteiger partial charge in [0.25, 0.3) is 5.91 Å². The molecule has 1 amide bonds. The Morgan fingerprint density at radius 2 is 2.29 bits per heavy atom. The van der Waals surface area contributed by atoms with Crippen LogP contribution in [0.1, 0.15) is 18.4 Å². The van der Waals surface area contributed by atoms with Gasteiger partial charge >= 0.3 is 0 Å². The second kappa shape index (κ2) is 7.87. The van der Waals surface area contributed by atoms with Crippen molar-refractivity contribution in [3.8, 4) is 6.07 Å². The van der Waals surface area contributed by atoms with Crippen LogP contribution in [-0.2, 0) is 9.53 Å². The van der Waals surface area contributed by atoms with E-state index in [1.54, 1.807) is 17.8 Å². The number of nitriles is 1. The summed E-state index contributed by atoms with van der Waals surface area (Å²) in [5.74, 6) is -0.345. The first kappa shape index (κ1) is 15.6. The lowest BCUT2D eigenvalue weighted by Gasteiger charge is -2.10. The Balaban J connectivity index is 1.98. The molecule has 0 aliphatic carbocycles. The summed E-state index contributed by atoms with van der Waals surface area (Å²) < 4.78 is 5.44. The van der Waals surface area contributed by atoms with Crippen molar-refractivity contribution in [3.63, 3.8) is 0 Å². The molecule has 1 saturated heterocycles. The standard InChI is InChI=1S/C16H18N2O2S/c1-21-15-6-4-12(5-7-15)9-13(10-17)16(19)18-11-14-3-2-8-20-14/h4-7,9,14H,2-3,8,11H2,1H3,(H,18,19)/b13-9+/t14-/m0/s1. The fourth-order valence-corrected chi connectivity index (χ4v) is 2.53. The SMILES string of the molecule is CSc1ccc(/C=C(\C#N)C(=O)NC[C@@H]2CCCO2)cc1. The van der Waals surface area contributed by atoms with Crippen LogP contribution in [0.4, 0.5) is 0 Å². The van der Waals surface area contributed by atoms with Gasteiger partial charge in [-0.25, -0.2) is 0 Å². The number of nitrogens with one attached hydrogen (secondary N) is 1. The largest absolute Gasteiger partial charge is 0.376 e. The summed E-state index contributed by atoms with van der Waals surface area (Å²) in [5, 5.41) is 11.9. The number of carbonyl (C=O) groups is 1. The molecule has 1 heterocycles. The molecule has 1 atom stereocenters. The number of hydrogen-bond acceptors (Lipinski definition) is 4. The average molecular weight is 302 g/mol. The van der Waals surface area contributed by atoms with E-state index in [0.717, 1.165) is 29.9 Å².